The molecule has 0 bridgehead atoms. The Hall–Kier alpha value is -1.35. The van der Waals surface area contributed by atoms with Gasteiger partial charge in [0, 0.05) is 22.5 Å². The van der Waals surface area contributed by atoms with Crippen molar-refractivity contribution in [3.8, 4) is 0 Å². The molecule has 1 aliphatic rings. The van der Waals surface area contributed by atoms with Crippen molar-refractivity contribution in [3.05, 3.63) is 35.8 Å². The van der Waals surface area contributed by atoms with Crippen LogP contribution in [0.3, 0.4) is 0 Å². The number of nitrogens with one attached hydrogen (secondary N) is 1. The number of hydrogen-bond acceptors (Lipinski definition) is 1. The average Bonchev–Trinajstić information content (AvgIpc) is 2.63. The first kappa shape index (κ1) is 9.85. The van der Waals surface area contributed by atoms with Crippen LogP contribution in [0.1, 0.15) is 24.8 Å². The SMILES string of the molecule is OCC1(c2c[nH]c3cccc(F)c23)CCC1. The average molecular weight is 219 g/mol. The predicted molar refractivity (Wildman–Crippen MR) is 60.9 cm³/mol. The van der Waals surface area contributed by atoms with Crippen LogP contribution in [-0.4, -0.2) is 16.7 Å². The van der Waals surface area contributed by atoms with E-state index in [0.717, 1.165) is 30.3 Å². The lowest BCUT2D eigenvalue weighted by atomic mass is 9.65. The van der Waals surface area contributed by atoms with E-state index in [4.69, 9.17) is 0 Å². The molecule has 0 atom stereocenters. The third-order valence-corrected chi connectivity index (χ3v) is 3.84. The van der Waals surface area contributed by atoms with Crippen molar-refractivity contribution in [1.82, 2.24) is 4.98 Å². The van der Waals surface area contributed by atoms with Crippen molar-refractivity contribution in [2.24, 2.45) is 0 Å². The normalized spacial score (nSPS) is 18.6. The molecule has 0 unspecified atom stereocenters. The van der Waals surface area contributed by atoms with Gasteiger partial charge in [-0.05, 0) is 30.5 Å². The van der Waals surface area contributed by atoms with Crippen molar-refractivity contribution in [2.75, 3.05) is 6.61 Å². The Kier molecular flexibility index (Phi) is 2.04. The second-order valence-electron chi connectivity index (χ2n) is 4.66. The van der Waals surface area contributed by atoms with Crippen LogP contribution >= 0.6 is 0 Å². The Balaban J connectivity index is 2.24. The maximum atomic E-state index is 13.8. The van der Waals surface area contributed by atoms with Gasteiger partial charge in [0.1, 0.15) is 5.82 Å². The first-order chi connectivity index (χ1) is 7.77. The predicted octanol–water partition coefficient (Wildman–Crippen LogP) is 2.72. The smallest absolute Gasteiger partial charge is 0.132 e. The molecule has 3 heteroatoms. The van der Waals surface area contributed by atoms with Gasteiger partial charge in [0.2, 0.25) is 0 Å². The Morgan fingerprint density at radius 3 is 2.81 bits per heavy atom. The number of aliphatic hydroxyl groups is 1. The van der Waals surface area contributed by atoms with Gasteiger partial charge < -0.3 is 10.1 Å². The quantitative estimate of drug-likeness (QED) is 0.800. The molecule has 2 nitrogen and oxygen atoms in total. The highest BCUT2D eigenvalue weighted by Gasteiger charge is 2.40. The molecule has 1 aliphatic carbocycles. The van der Waals surface area contributed by atoms with E-state index in [2.05, 4.69) is 4.98 Å². The van der Waals surface area contributed by atoms with Crippen molar-refractivity contribution in [3.63, 3.8) is 0 Å². The minimum absolute atomic E-state index is 0.105. The number of aromatic nitrogens is 1. The molecule has 84 valence electrons. The maximum Gasteiger partial charge on any atom is 0.132 e. The van der Waals surface area contributed by atoms with Crippen molar-refractivity contribution in [2.45, 2.75) is 24.7 Å². The van der Waals surface area contributed by atoms with E-state index in [9.17, 15) is 9.50 Å². The van der Waals surface area contributed by atoms with Gasteiger partial charge in [-0.15, -0.1) is 0 Å². The molecule has 3 rings (SSSR count). The van der Waals surface area contributed by atoms with E-state index in [1.54, 1.807) is 6.07 Å². The summed E-state index contributed by atoms with van der Waals surface area (Å²) in [6, 6.07) is 5.04. The molecule has 1 heterocycles. The fraction of sp³-hybridized carbons (Fsp3) is 0.385. The standard InChI is InChI=1S/C13H14FNO/c14-10-3-1-4-11-12(10)9(7-15-11)13(8-16)5-2-6-13/h1,3-4,7,15-16H,2,5-6,8H2. The van der Waals surface area contributed by atoms with Crippen LogP contribution in [0.15, 0.2) is 24.4 Å². The van der Waals surface area contributed by atoms with Crippen LogP contribution in [-0.2, 0) is 5.41 Å². The van der Waals surface area contributed by atoms with Crippen LogP contribution in [0.4, 0.5) is 4.39 Å². The Bertz CT molecular complexity index is 522. The number of H-pyrrole nitrogens is 1. The molecular weight excluding hydrogens is 205 g/mol. The third-order valence-electron chi connectivity index (χ3n) is 3.84. The molecule has 0 amide bonds. The van der Waals surface area contributed by atoms with Crippen LogP contribution in [0.2, 0.25) is 0 Å². The third kappa shape index (κ3) is 1.15. The summed E-state index contributed by atoms with van der Waals surface area (Å²) in [7, 11) is 0. The van der Waals surface area contributed by atoms with Crippen LogP contribution in [0.5, 0.6) is 0 Å². The van der Waals surface area contributed by atoms with Gasteiger partial charge in [0.15, 0.2) is 0 Å². The second kappa shape index (κ2) is 3.32. The molecule has 1 saturated carbocycles. The molecule has 16 heavy (non-hydrogen) atoms. The molecule has 2 aromatic rings. The summed E-state index contributed by atoms with van der Waals surface area (Å²) in [5.41, 5.74) is 1.55. The minimum Gasteiger partial charge on any atom is -0.395 e. The molecular formula is C13H14FNO. The van der Waals surface area contributed by atoms with E-state index in [1.165, 1.54) is 6.07 Å². The molecule has 2 N–H and O–H groups in total. The summed E-state index contributed by atoms with van der Waals surface area (Å²) in [5, 5.41) is 10.2. The zero-order valence-corrected chi connectivity index (χ0v) is 8.96. The lowest BCUT2D eigenvalue weighted by Gasteiger charge is -2.40. The summed E-state index contributed by atoms with van der Waals surface area (Å²) in [6.45, 7) is 0.105. The molecule has 1 fully saturated rings. The highest BCUT2D eigenvalue weighted by atomic mass is 19.1. The van der Waals surface area contributed by atoms with Crippen molar-refractivity contribution < 1.29 is 9.50 Å². The lowest BCUT2D eigenvalue weighted by molar-refractivity contribution is 0.121. The fourth-order valence-corrected chi connectivity index (χ4v) is 2.67. The van der Waals surface area contributed by atoms with Crippen LogP contribution in [0, 0.1) is 5.82 Å². The van der Waals surface area contributed by atoms with Gasteiger partial charge in [0.05, 0.1) is 6.61 Å². The van der Waals surface area contributed by atoms with Crippen LogP contribution < -0.4 is 0 Å². The molecule has 0 saturated heterocycles. The Labute approximate surface area is 93.1 Å². The van der Waals surface area contributed by atoms with Crippen molar-refractivity contribution in [1.29, 1.82) is 0 Å². The van der Waals surface area contributed by atoms with E-state index < -0.39 is 0 Å². The van der Waals surface area contributed by atoms with Gasteiger partial charge in [-0.3, -0.25) is 0 Å². The number of halogens is 1. The summed E-state index contributed by atoms with van der Waals surface area (Å²) >= 11 is 0. The molecule has 0 radical (unpaired) electrons. The summed E-state index contributed by atoms with van der Waals surface area (Å²) in [5.74, 6) is -0.200. The number of aliphatic hydroxyl groups excluding tert-OH is 1. The van der Waals surface area contributed by atoms with Gasteiger partial charge in [-0.2, -0.15) is 0 Å². The zero-order valence-electron chi connectivity index (χ0n) is 8.96. The lowest BCUT2D eigenvalue weighted by Crippen LogP contribution is -2.37. The Morgan fingerprint density at radius 1 is 1.38 bits per heavy atom. The minimum atomic E-state index is -0.208. The summed E-state index contributed by atoms with van der Waals surface area (Å²) < 4.78 is 13.8. The second-order valence-corrected chi connectivity index (χ2v) is 4.66. The largest absolute Gasteiger partial charge is 0.395 e. The summed E-state index contributed by atoms with van der Waals surface area (Å²) in [4.78, 5) is 3.09. The van der Waals surface area contributed by atoms with E-state index >= 15 is 0 Å². The number of hydrogen-bond donors (Lipinski definition) is 2. The van der Waals surface area contributed by atoms with Crippen LogP contribution in [0.25, 0.3) is 10.9 Å². The number of aromatic amines is 1. The number of rotatable bonds is 2. The van der Waals surface area contributed by atoms with E-state index in [-0.39, 0.29) is 17.8 Å². The van der Waals surface area contributed by atoms with Gasteiger partial charge in [-0.25, -0.2) is 4.39 Å². The van der Waals surface area contributed by atoms with E-state index in [1.807, 2.05) is 12.3 Å². The van der Waals surface area contributed by atoms with E-state index in [0.29, 0.717) is 5.39 Å². The molecule has 1 aromatic carbocycles. The zero-order chi connectivity index (χ0) is 11.2. The van der Waals surface area contributed by atoms with Gasteiger partial charge >= 0.3 is 0 Å². The van der Waals surface area contributed by atoms with Gasteiger partial charge in [0.25, 0.3) is 0 Å². The Morgan fingerprint density at radius 2 is 2.19 bits per heavy atom. The maximum absolute atomic E-state index is 13.8. The molecule has 0 aliphatic heterocycles. The first-order valence-corrected chi connectivity index (χ1v) is 5.64. The highest BCUT2D eigenvalue weighted by molar-refractivity contribution is 5.85. The number of benzene rings is 1. The molecule has 1 aromatic heterocycles. The summed E-state index contributed by atoms with van der Waals surface area (Å²) in [6.07, 6.45) is 4.86. The topological polar surface area (TPSA) is 36.0 Å². The monoisotopic (exact) mass is 219 g/mol. The van der Waals surface area contributed by atoms with Crippen molar-refractivity contribution >= 4 is 10.9 Å². The fourth-order valence-electron chi connectivity index (χ4n) is 2.67. The number of fused-ring (bicyclic) bond motifs is 1. The van der Waals surface area contributed by atoms with Gasteiger partial charge in [-0.1, -0.05) is 12.5 Å². The molecule has 0 spiro atoms. The first-order valence-electron chi connectivity index (χ1n) is 5.64. The highest BCUT2D eigenvalue weighted by Crippen LogP contribution is 2.46.